The quantitative estimate of drug-likeness (QED) is 0.225. The minimum Gasteiger partial charge on any atom is -0.475 e. The van der Waals surface area contributed by atoms with E-state index in [4.69, 9.17) is 18.9 Å². The lowest BCUT2D eigenvalue weighted by Crippen LogP contribution is -2.65. The first-order valence-electron chi connectivity index (χ1n) is 18.7. The molecule has 51 heavy (non-hydrogen) atoms. The summed E-state index contributed by atoms with van der Waals surface area (Å²) in [6.07, 6.45) is 4.78. The molecule has 4 aliphatic rings. The molecule has 13 nitrogen and oxygen atoms in total. The Kier molecular flexibility index (Phi) is 11.8. The molecule has 13 heteroatoms. The van der Waals surface area contributed by atoms with Crippen molar-refractivity contribution in [2.24, 2.45) is 5.41 Å². The van der Waals surface area contributed by atoms with E-state index in [0.717, 1.165) is 32.1 Å². The Hall–Kier alpha value is -4.03. The van der Waals surface area contributed by atoms with Gasteiger partial charge in [0.15, 0.2) is 5.60 Å². The van der Waals surface area contributed by atoms with Crippen LogP contribution in [0, 0.1) is 12.3 Å². The maximum absolute atomic E-state index is 14.5. The van der Waals surface area contributed by atoms with Gasteiger partial charge in [-0.25, -0.2) is 9.59 Å². The topological polar surface area (TPSA) is 144 Å². The smallest absolute Gasteiger partial charge is 0.475 e. The monoisotopic (exact) mass is 712 g/mol. The fourth-order valence-electron chi connectivity index (χ4n) is 8.21. The summed E-state index contributed by atoms with van der Waals surface area (Å²) in [6.45, 7) is 14.4. The van der Waals surface area contributed by atoms with Crippen LogP contribution in [0.1, 0.15) is 122 Å². The maximum Gasteiger partial charge on any atom is 0.511 e. The molecule has 1 aromatic carbocycles. The zero-order valence-electron chi connectivity index (χ0n) is 31.4. The Bertz CT molecular complexity index is 1480. The molecular formula is C38H56N4O9. The van der Waals surface area contributed by atoms with Crippen LogP contribution in [0.25, 0.3) is 0 Å². The van der Waals surface area contributed by atoms with Crippen molar-refractivity contribution in [3.8, 4) is 5.75 Å². The van der Waals surface area contributed by atoms with Gasteiger partial charge in [0.2, 0.25) is 12.2 Å². The van der Waals surface area contributed by atoms with Gasteiger partial charge in [-0.3, -0.25) is 14.4 Å². The van der Waals surface area contributed by atoms with Crippen LogP contribution in [0.3, 0.4) is 0 Å². The largest absolute Gasteiger partial charge is 0.511 e. The summed E-state index contributed by atoms with van der Waals surface area (Å²) in [4.78, 5) is 71.0. The van der Waals surface area contributed by atoms with E-state index in [-0.39, 0.29) is 61.0 Å². The summed E-state index contributed by atoms with van der Waals surface area (Å²) in [5, 5.41) is 2.86. The van der Waals surface area contributed by atoms with Gasteiger partial charge in [-0.15, -0.1) is 0 Å². The lowest BCUT2D eigenvalue weighted by molar-refractivity contribution is -0.157. The van der Waals surface area contributed by atoms with E-state index < -0.39 is 24.1 Å². The minimum atomic E-state index is -1.14. The van der Waals surface area contributed by atoms with E-state index in [2.05, 4.69) is 19.2 Å². The second kappa shape index (κ2) is 15.7. The standard InChI is InChI=1S/C38H56N4O9/c1-8-32(43)39-16-18-41-30-20-29(25(4)19-31(30)51-38(34(41)45)22-37(6,7)23-38)33(44)42(24(2)3)27-13-12-17-40(21-27)35(46)48-26(5)49-36(47)50-28-14-10-9-11-15-28/h19-20,24,26-28H,8-18,21-23H2,1-7H3,(H,39,43)/t26?,27-/m0/s1. The third-order valence-corrected chi connectivity index (χ3v) is 10.5. The van der Waals surface area contributed by atoms with Gasteiger partial charge in [-0.2, -0.15) is 0 Å². The van der Waals surface area contributed by atoms with Crippen LogP contribution in [0.5, 0.6) is 5.75 Å². The Morgan fingerprint density at radius 1 is 1.02 bits per heavy atom. The van der Waals surface area contributed by atoms with Crippen LogP contribution >= 0.6 is 0 Å². The molecule has 0 radical (unpaired) electrons. The molecule has 4 amide bonds. The van der Waals surface area contributed by atoms with Crippen molar-refractivity contribution < 1.29 is 42.9 Å². The summed E-state index contributed by atoms with van der Waals surface area (Å²) in [6, 6.07) is 3.06. The third kappa shape index (κ3) is 8.72. The van der Waals surface area contributed by atoms with Crippen molar-refractivity contribution in [1.29, 1.82) is 0 Å². The SMILES string of the molecule is CCC(=O)NCCN1C(=O)C2(CC(C)(C)C2)Oc2cc(C)c(C(=O)N(C(C)C)[C@H]3CCCN(C(=O)OC(C)OC(=O)OC4CCCCC4)C3)cc21. The maximum atomic E-state index is 14.5. The molecule has 0 bridgehead atoms. The Morgan fingerprint density at radius 2 is 1.73 bits per heavy atom. The van der Waals surface area contributed by atoms with E-state index in [1.54, 1.807) is 27.7 Å². The van der Waals surface area contributed by atoms with Gasteiger partial charge in [0.1, 0.15) is 11.9 Å². The van der Waals surface area contributed by atoms with Crippen LogP contribution in [0.2, 0.25) is 0 Å². The van der Waals surface area contributed by atoms with Gasteiger partial charge < -0.3 is 39.0 Å². The highest BCUT2D eigenvalue weighted by Crippen LogP contribution is 2.55. The lowest BCUT2D eigenvalue weighted by Gasteiger charge is -2.55. The highest BCUT2D eigenvalue weighted by molar-refractivity contribution is 6.06. The number of nitrogens with zero attached hydrogens (tertiary/aromatic N) is 3. The number of amides is 4. The van der Waals surface area contributed by atoms with Crippen molar-refractivity contribution in [3.05, 3.63) is 23.3 Å². The Balaban J connectivity index is 1.30. The van der Waals surface area contributed by atoms with Crippen LogP contribution in [0.15, 0.2) is 12.1 Å². The number of hydrogen-bond donors (Lipinski definition) is 1. The molecule has 1 saturated heterocycles. The number of anilines is 1. The predicted octanol–water partition coefficient (Wildman–Crippen LogP) is 6.09. The molecule has 282 valence electrons. The van der Waals surface area contributed by atoms with Crippen molar-refractivity contribution in [3.63, 3.8) is 0 Å². The number of carbonyl (C=O) groups excluding carboxylic acids is 5. The fourth-order valence-corrected chi connectivity index (χ4v) is 8.21. The first-order valence-corrected chi connectivity index (χ1v) is 18.7. The summed E-state index contributed by atoms with van der Waals surface area (Å²) in [7, 11) is 0. The number of aryl methyl sites for hydroxylation is 1. The van der Waals surface area contributed by atoms with Gasteiger partial charge in [-0.1, -0.05) is 27.2 Å². The van der Waals surface area contributed by atoms with Gasteiger partial charge >= 0.3 is 12.2 Å². The second-order valence-electron chi connectivity index (χ2n) is 15.7. The Labute approximate surface area is 301 Å². The first kappa shape index (κ1) is 38.2. The molecule has 1 unspecified atom stereocenters. The number of piperidine rings is 1. The van der Waals surface area contributed by atoms with Crippen LogP contribution in [-0.4, -0.2) is 96.0 Å². The number of likely N-dealkylation sites (tertiary alicyclic amines) is 1. The molecule has 2 heterocycles. The molecule has 1 N–H and O–H groups in total. The number of ether oxygens (including phenoxy) is 4. The average molecular weight is 713 g/mol. The molecule has 2 atom stereocenters. The molecule has 2 aliphatic heterocycles. The second-order valence-corrected chi connectivity index (χ2v) is 15.7. The molecule has 1 aromatic rings. The average Bonchev–Trinajstić information content (AvgIpc) is 3.05. The lowest BCUT2D eigenvalue weighted by atomic mass is 9.60. The highest BCUT2D eigenvalue weighted by Gasteiger charge is 2.60. The van der Waals surface area contributed by atoms with Gasteiger partial charge in [0.25, 0.3) is 11.8 Å². The van der Waals surface area contributed by atoms with E-state index >= 15 is 0 Å². The van der Waals surface area contributed by atoms with E-state index in [9.17, 15) is 24.0 Å². The number of benzene rings is 1. The normalized spacial score (nSPS) is 21.6. The number of carbonyl (C=O) groups is 5. The van der Waals surface area contributed by atoms with Crippen molar-refractivity contribution in [2.45, 2.75) is 143 Å². The summed E-state index contributed by atoms with van der Waals surface area (Å²) in [5.74, 6) is 0.0595. The van der Waals surface area contributed by atoms with Crippen LogP contribution in [-0.2, 0) is 23.8 Å². The van der Waals surface area contributed by atoms with Gasteiger partial charge in [-0.05, 0) is 82.4 Å². The zero-order valence-corrected chi connectivity index (χ0v) is 31.4. The van der Waals surface area contributed by atoms with Gasteiger partial charge in [0.05, 0.1) is 11.7 Å². The molecule has 3 fully saturated rings. The molecule has 2 aliphatic carbocycles. The first-order chi connectivity index (χ1) is 24.1. The van der Waals surface area contributed by atoms with Gasteiger partial charge in [0, 0.05) is 64.0 Å². The fraction of sp³-hybridized carbons (Fsp3) is 0.711. The number of hydrogen-bond acceptors (Lipinski definition) is 9. The number of rotatable bonds is 10. The van der Waals surface area contributed by atoms with Crippen molar-refractivity contribution in [2.75, 3.05) is 31.1 Å². The Morgan fingerprint density at radius 3 is 2.37 bits per heavy atom. The van der Waals surface area contributed by atoms with E-state index in [1.165, 1.54) is 6.92 Å². The molecule has 0 aromatic heterocycles. The van der Waals surface area contributed by atoms with Crippen LogP contribution < -0.4 is 15.0 Å². The molecule has 2 saturated carbocycles. The minimum absolute atomic E-state index is 0.0380. The molecular weight excluding hydrogens is 656 g/mol. The van der Waals surface area contributed by atoms with E-state index in [1.807, 2.05) is 26.8 Å². The third-order valence-electron chi connectivity index (χ3n) is 10.5. The molecule has 1 spiro atoms. The van der Waals surface area contributed by atoms with Crippen molar-refractivity contribution >= 4 is 35.7 Å². The predicted molar refractivity (Wildman–Crippen MR) is 189 cm³/mol. The summed E-state index contributed by atoms with van der Waals surface area (Å²) in [5.41, 5.74) is 0.646. The highest BCUT2D eigenvalue weighted by atomic mass is 16.8. The summed E-state index contributed by atoms with van der Waals surface area (Å²) >= 11 is 0. The number of fused-ring (bicyclic) bond motifs is 1. The van der Waals surface area contributed by atoms with E-state index in [0.29, 0.717) is 61.2 Å². The summed E-state index contributed by atoms with van der Waals surface area (Å²) < 4.78 is 22.5. The molecule has 5 rings (SSSR count). The number of nitrogens with one attached hydrogen (secondary N) is 1. The zero-order chi connectivity index (χ0) is 37.1. The van der Waals surface area contributed by atoms with Crippen molar-refractivity contribution in [1.82, 2.24) is 15.1 Å². The van der Waals surface area contributed by atoms with Crippen LogP contribution in [0.4, 0.5) is 15.3 Å².